The number of rotatable bonds is 2. The van der Waals surface area contributed by atoms with Crippen LogP contribution in [0.25, 0.3) is 10.4 Å². The van der Waals surface area contributed by atoms with Crippen molar-refractivity contribution in [3.63, 3.8) is 0 Å². The molecule has 25 heavy (non-hydrogen) atoms. The second-order valence-corrected chi connectivity index (χ2v) is 8.17. The second-order valence-electron chi connectivity index (χ2n) is 7.06. The van der Waals surface area contributed by atoms with E-state index in [0.717, 1.165) is 67.2 Å². The molecule has 6 rings (SSSR count). The number of fused-ring (bicyclic) bond motifs is 2. The first-order valence-electron chi connectivity index (χ1n) is 8.96. The zero-order chi connectivity index (χ0) is 17.0. The SMILES string of the molecule is N#Cc1c(N)nc2c(c1-c1ccc([C@@H]3CCCO3)s1)N1CCC2CC1. The Labute approximate surface area is 151 Å². The molecule has 128 valence electrons. The molecule has 5 nitrogen and oxygen atoms in total. The summed E-state index contributed by atoms with van der Waals surface area (Å²) in [5.74, 6) is 0.850. The largest absolute Gasteiger partial charge is 0.383 e. The van der Waals surface area contributed by atoms with Crippen LogP contribution in [0.4, 0.5) is 11.5 Å². The van der Waals surface area contributed by atoms with Crippen LogP contribution in [0.15, 0.2) is 12.1 Å². The Hall–Kier alpha value is -2.10. The number of thiophene rings is 1. The minimum atomic E-state index is 0.205. The van der Waals surface area contributed by atoms with Gasteiger partial charge >= 0.3 is 0 Å². The van der Waals surface area contributed by atoms with E-state index < -0.39 is 0 Å². The lowest BCUT2D eigenvalue weighted by atomic mass is 9.84. The fourth-order valence-electron chi connectivity index (χ4n) is 4.41. The summed E-state index contributed by atoms with van der Waals surface area (Å²) in [6, 6.07) is 6.59. The summed E-state index contributed by atoms with van der Waals surface area (Å²) in [6.07, 6.45) is 4.67. The lowest BCUT2D eigenvalue weighted by Gasteiger charge is -2.42. The van der Waals surface area contributed by atoms with Gasteiger partial charge in [-0.15, -0.1) is 11.3 Å². The van der Waals surface area contributed by atoms with Gasteiger partial charge in [-0.05, 0) is 37.8 Å². The van der Waals surface area contributed by atoms with Crippen molar-refractivity contribution in [1.82, 2.24) is 4.98 Å². The number of nitrogen functional groups attached to an aromatic ring is 1. The first-order valence-corrected chi connectivity index (χ1v) is 9.78. The van der Waals surface area contributed by atoms with Gasteiger partial charge in [-0.1, -0.05) is 0 Å². The number of hydrogen-bond donors (Lipinski definition) is 1. The van der Waals surface area contributed by atoms with Gasteiger partial charge in [0.1, 0.15) is 17.5 Å². The quantitative estimate of drug-likeness (QED) is 0.889. The van der Waals surface area contributed by atoms with Crippen molar-refractivity contribution < 1.29 is 4.74 Å². The third-order valence-corrected chi connectivity index (χ3v) is 6.85. The minimum Gasteiger partial charge on any atom is -0.383 e. The van der Waals surface area contributed by atoms with Crippen molar-refractivity contribution in [2.75, 3.05) is 30.3 Å². The number of piperidine rings is 1. The number of hydrogen-bond acceptors (Lipinski definition) is 6. The van der Waals surface area contributed by atoms with E-state index in [0.29, 0.717) is 17.3 Å². The van der Waals surface area contributed by atoms with Crippen LogP contribution in [-0.4, -0.2) is 24.7 Å². The summed E-state index contributed by atoms with van der Waals surface area (Å²) in [7, 11) is 0. The van der Waals surface area contributed by atoms with Crippen LogP contribution in [0.5, 0.6) is 0 Å². The number of nitriles is 1. The highest BCUT2D eigenvalue weighted by atomic mass is 32.1. The summed E-state index contributed by atoms with van der Waals surface area (Å²) in [5, 5.41) is 9.74. The van der Waals surface area contributed by atoms with Crippen molar-refractivity contribution in [3.05, 3.63) is 28.3 Å². The fraction of sp³-hybridized carbons (Fsp3) is 0.474. The first kappa shape index (κ1) is 15.2. The van der Waals surface area contributed by atoms with Crippen molar-refractivity contribution in [2.45, 2.75) is 37.7 Å². The molecule has 2 fully saturated rings. The molecule has 2 N–H and O–H groups in total. The van der Waals surface area contributed by atoms with Crippen molar-refractivity contribution in [2.24, 2.45) is 0 Å². The smallest absolute Gasteiger partial charge is 0.142 e. The Morgan fingerprint density at radius 1 is 1.28 bits per heavy atom. The number of pyridine rings is 1. The average Bonchev–Trinajstić information content (AvgIpc) is 3.33. The Bertz CT molecular complexity index is 870. The number of anilines is 2. The summed E-state index contributed by atoms with van der Waals surface area (Å²) >= 11 is 1.74. The molecule has 6 heterocycles. The standard InChI is InChI=1S/C19H20N4OS/c20-10-12-16(15-4-3-14(25-15)13-2-1-9-24-13)18-17(22-19(12)21)11-5-7-23(18)8-6-11/h3-4,11,13H,1-2,5-9H2,(H2,21,22)/t13-/m0/s1. The first-order chi connectivity index (χ1) is 12.3. The topological polar surface area (TPSA) is 75.2 Å². The van der Waals surface area contributed by atoms with Gasteiger partial charge in [-0.3, -0.25) is 0 Å². The van der Waals surface area contributed by atoms with E-state index >= 15 is 0 Å². The Balaban J connectivity index is 1.69. The van der Waals surface area contributed by atoms with Gasteiger partial charge < -0.3 is 15.4 Å². The molecule has 4 aliphatic rings. The number of nitrogens with two attached hydrogens (primary N) is 1. The number of aromatic nitrogens is 1. The van der Waals surface area contributed by atoms with E-state index in [1.807, 2.05) is 0 Å². The molecule has 2 saturated heterocycles. The van der Waals surface area contributed by atoms with Gasteiger partial charge in [0.05, 0.1) is 17.5 Å². The average molecular weight is 352 g/mol. The van der Waals surface area contributed by atoms with Gasteiger partial charge in [0.25, 0.3) is 0 Å². The number of ether oxygens (including phenoxy) is 1. The Morgan fingerprint density at radius 3 is 2.84 bits per heavy atom. The number of nitrogens with zero attached hydrogens (tertiary/aromatic N) is 3. The van der Waals surface area contributed by atoms with Crippen molar-refractivity contribution in [1.29, 1.82) is 5.26 Å². The molecule has 2 aromatic heterocycles. The van der Waals surface area contributed by atoms with Crippen LogP contribution in [0.2, 0.25) is 0 Å². The molecule has 2 bridgehead atoms. The van der Waals surface area contributed by atoms with E-state index in [2.05, 4.69) is 28.1 Å². The normalized spacial score (nSPS) is 22.2. The molecular weight excluding hydrogens is 332 g/mol. The Kier molecular flexibility index (Phi) is 3.47. The van der Waals surface area contributed by atoms with Crippen LogP contribution in [0.1, 0.15) is 53.8 Å². The summed E-state index contributed by atoms with van der Waals surface area (Å²) in [4.78, 5) is 9.38. The highest BCUT2D eigenvalue weighted by molar-refractivity contribution is 7.15. The molecular formula is C19H20N4OS. The highest BCUT2D eigenvalue weighted by Crippen LogP contribution is 2.50. The Morgan fingerprint density at radius 2 is 2.12 bits per heavy atom. The van der Waals surface area contributed by atoms with Gasteiger partial charge in [0.15, 0.2) is 0 Å². The van der Waals surface area contributed by atoms with Crippen LogP contribution in [0.3, 0.4) is 0 Å². The van der Waals surface area contributed by atoms with Crippen molar-refractivity contribution >= 4 is 22.8 Å². The lowest BCUT2D eigenvalue weighted by molar-refractivity contribution is 0.114. The molecule has 0 amide bonds. The molecule has 0 aliphatic carbocycles. The zero-order valence-corrected chi connectivity index (χ0v) is 14.8. The van der Waals surface area contributed by atoms with Crippen LogP contribution >= 0.6 is 11.3 Å². The summed E-state index contributed by atoms with van der Waals surface area (Å²) in [5.41, 5.74) is 9.93. The monoisotopic (exact) mass is 352 g/mol. The minimum absolute atomic E-state index is 0.205. The van der Waals surface area contributed by atoms with Crippen LogP contribution < -0.4 is 10.6 Å². The van der Waals surface area contributed by atoms with Crippen LogP contribution in [0, 0.1) is 11.3 Å². The summed E-state index contributed by atoms with van der Waals surface area (Å²) < 4.78 is 5.83. The van der Waals surface area contributed by atoms with Gasteiger partial charge in [-0.25, -0.2) is 4.98 Å². The molecule has 0 aromatic carbocycles. The maximum atomic E-state index is 9.74. The van der Waals surface area contributed by atoms with Crippen LogP contribution in [-0.2, 0) is 4.74 Å². The molecule has 0 spiro atoms. The summed E-state index contributed by atoms with van der Waals surface area (Å²) in [6.45, 7) is 2.94. The molecule has 0 unspecified atom stereocenters. The van der Waals surface area contributed by atoms with E-state index in [-0.39, 0.29) is 6.10 Å². The van der Waals surface area contributed by atoms with E-state index in [1.165, 1.54) is 4.88 Å². The van der Waals surface area contributed by atoms with Gasteiger partial charge in [-0.2, -0.15) is 5.26 Å². The predicted octanol–water partition coefficient (Wildman–Crippen LogP) is 3.81. The van der Waals surface area contributed by atoms with Crippen molar-refractivity contribution in [3.8, 4) is 16.5 Å². The van der Waals surface area contributed by atoms with E-state index in [4.69, 9.17) is 10.5 Å². The molecule has 6 heteroatoms. The lowest BCUT2D eigenvalue weighted by Crippen LogP contribution is -2.40. The predicted molar refractivity (Wildman–Crippen MR) is 98.8 cm³/mol. The van der Waals surface area contributed by atoms with E-state index in [1.54, 1.807) is 11.3 Å². The third-order valence-electron chi connectivity index (χ3n) is 5.66. The van der Waals surface area contributed by atoms with E-state index in [9.17, 15) is 5.26 Å². The second kappa shape index (κ2) is 5.72. The van der Waals surface area contributed by atoms with Gasteiger partial charge in [0, 0.05) is 40.9 Å². The zero-order valence-electron chi connectivity index (χ0n) is 14.0. The maximum Gasteiger partial charge on any atom is 0.142 e. The molecule has 2 aromatic rings. The molecule has 0 saturated carbocycles. The maximum absolute atomic E-state index is 9.74. The molecule has 1 atom stereocenters. The third kappa shape index (κ3) is 2.26. The molecule has 0 radical (unpaired) electrons. The van der Waals surface area contributed by atoms with Gasteiger partial charge in [0.2, 0.25) is 0 Å². The molecule has 4 aliphatic heterocycles. The fourth-order valence-corrected chi connectivity index (χ4v) is 5.55. The highest BCUT2D eigenvalue weighted by Gasteiger charge is 2.36.